The molecule has 1 aromatic carbocycles. The monoisotopic (exact) mass is 421 g/mol. The van der Waals surface area contributed by atoms with Crippen LogP contribution < -0.4 is 0 Å². The van der Waals surface area contributed by atoms with Gasteiger partial charge in [-0.1, -0.05) is 0 Å². The Kier molecular flexibility index (Phi) is 3.73. The summed E-state index contributed by atoms with van der Waals surface area (Å²) in [5.41, 5.74) is 0.352. The van der Waals surface area contributed by atoms with Gasteiger partial charge >= 0.3 is 6.09 Å². The molecule has 0 spiro atoms. The minimum absolute atomic E-state index is 0.356. The van der Waals surface area contributed by atoms with Gasteiger partial charge in [0, 0.05) is 19.6 Å². The second kappa shape index (κ2) is 4.85. The van der Waals surface area contributed by atoms with E-state index in [1.54, 1.807) is 6.20 Å². The Hall–Kier alpha value is -0.560. The molecule has 0 saturated carbocycles. The predicted octanol–water partition coefficient (Wildman–Crippen LogP) is 4.79. The van der Waals surface area contributed by atoms with Crippen LogP contribution in [0.15, 0.2) is 28.9 Å². The van der Waals surface area contributed by atoms with E-state index in [0.717, 1.165) is 18.9 Å². The first-order valence-electron chi connectivity index (χ1n) is 5.48. The van der Waals surface area contributed by atoms with Gasteiger partial charge in [-0.15, -0.1) is 0 Å². The van der Waals surface area contributed by atoms with Gasteiger partial charge in [0.1, 0.15) is 5.60 Å². The Bertz CT molecular complexity index is 613. The van der Waals surface area contributed by atoms with Crippen LogP contribution in [0.4, 0.5) is 4.79 Å². The average molecular weight is 422 g/mol. The molecule has 0 amide bonds. The summed E-state index contributed by atoms with van der Waals surface area (Å²) >= 11 is 5.78. The molecule has 0 saturated heterocycles. The van der Waals surface area contributed by atoms with Gasteiger partial charge in [-0.2, -0.15) is 0 Å². The minimum Gasteiger partial charge on any atom is -0.443 e. The fraction of sp³-hybridized carbons (Fsp3) is 0.308. The normalized spacial score (nSPS) is 11.8. The van der Waals surface area contributed by atoms with Gasteiger partial charge in [0.2, 0.25) is 0 Å². The lowest BCUT2D eigenvalue weighted by Gasteiger charge is -2.19. The highest BCUT2D eigenvalue weighted by Gasteiger charge is 2.19. The summed E-state index contributed by atoms with van der Waals surface area (Å²) in [5, 5.41) is 1.01. The van der Waals surface area contributed by atoms with Crippen molar-refractivity contribution in [3.63, 3.8) is 0 Å². The SMILES string of the molecule is CC(C)(C)OC(=O)n1ccc2c(Br)c(I)ccc21. The number of hydrogen-bond acceptors (Lipinski definition) is 2. The summed E-state index contributed by atoms with van der Waals surface area (Å²) in [4.78, 5) is 12.1. The van der Waals surface area contributed by atoms with E-state index in [0.29, 0.717) is 0 Å². The molecular formula is C13H13BrINO2. The van der Waals surface area contributed by atoms with Crippen molar-refractivity contribution in [1.29, 1.82) is 0 Å². The number of benzene rings is 1. The van der Waals surface area contributed by atoms with E-state index in [2.05, 4.69) is 38.5 Å². The molecule has 2 aromatic rings. The molecule has 0 aliphatic carbocycles. The third-order valence-electron chi connectivity index (χ3n) is 2.35. The van der Waals surface area contributed by atoms with Crippen LogP contribution in [0.3, 0.4) is 0 Å². The number of fused-ring (bicyclic) bond motifs is 1. The second-order valence-electron chi connectivity index (χ2n) is 4.96. The number of halogens is 2. The number of hydrogen-bond donors (Lipinski definition) is 0. The summed E-state index contributed by atoms with van der Waals surface area (Å²) in [6.07, 6.45) is 1.38. The number of aromatic nitrogens is 1. The molecule has 0 fully saturated rings. The van der Waals surface area contributed by atoms with E-state index < -0.39 is 5.60 Å². The topological polar surface area (TPSA) is 31.2 Å². The van der Waals surface area contributed by atoms with Crippen LogP contribution in [0, 0.1) is 3.57 Å². The molecule has 1 heterocycles. The molecule has 0 unspecified atom stereocenters. The van der Waals surface area contributed by atoms with Crippen LogP contribution in [-0.4, -0.2) is 16.3 Å². The van der Waals surface area contributed by atoms with E-state index in [9.17, 15) is 4.79 Å². The molecule has 0 N–H and O–H groups in total. The van der Waals surface area contributed by atoms with Crippen LogP contribution in [0.1, 0.15) is 20.8 Å². The predicted molar refractivity (Wildman–Crippen MR) is 84.0 cm³/mol. The smallest absolute Gasteiger partial charge is 0.418 e. The summed E-state index contributed by atoms with van der Waals surface area (Å²) in [6, 6.07) is 5.80. The van der Waals surface area contributed by atoms with Gasteiger partial charge in [0.25, 0.3) is 0 Å². The molecule has 1 aromatic heterocycles. The van der Waals surface area contributed by atoms with Crippen molar-refractivity contribution >= 4 is 55.5 Å². The van der Waals surface area contributed by atoms with Crippen molar-refractivity contribution in [2.75, 3.05) is 0 Å². The standard InChI is InChI=1S/C13H13BrINO2/c1-13(2,3)18-12(17)16-7-6-8-10(16)5-4-9(15)11(8)14/h4-7H,1-3H3. The molecule has 0 bridgehead atoms. The summed E-state index contributed by atoms with van der Waals surface area (Å²) in [6.45, 7) is 5.57. The molecule has 2 rings (SSSR count). The van der Waals surface area contributed by atoms with Crippen molar-refractivity contribution in [1.82, 2.24) is 4.57 Å². The zero-order valence-corrected chi connectivity index (χ0v) is 14.1. The Morgan fingerprint density at radius 3 is 2.61 bits per heavy atom. The zero-order valence-electron chi connectivity index (χ0n) is 10.3. The molecule has 0 aliphatic rings. The summed E-state index contributed by atoms with van der Waals surface area (Å²) in [5.74, 6) is 0. The first kappa shape index (κ1) is 13.9. The highest BCUT2D eigenvalue weighted by molar-refractivity contribution is 14.1. The molecule has 96 valence electrons. The Balaban J connectivity index is 2.48. The first-order chi connectivity index (χ1) is 8.29. The molecule has 0 atom stereocenters. The number of ether oxygens (including phenoxy) is 1. The minimum atomic E-state index is -0.492. The maximum atomic E-state index is 12.1. The maximum Gasteiger partial charge on any atom is 0.418 e. The number of rotatable bonds is 0. The van der Waals surface area contributed by atoms with E-state index >= 15 is 0 Å². The average Bonchev–Trinajstić information content (AvgIpc) is 2.65. The molecule has 3 nitrogen and oxygen atoms in total. The fourth-order valence-corrected chi connectivity index (χ4v) is 2.56. The lowest BCUT2D eigenvalue weighted by atomic mass is 10.2. The van der Waals surface area contributed by atoms with Crippen LogP contribution in [0.2, 0.25) is 0 Å². The van der Waals surface area contributed by atoms with E-state index in [4.69, 9.17) is 4.74 Å². The van der Waals surface area contributed by atoms with Crippen LogP contribution in [0.5, 0.6) is 0 Å². The van der Waals surface area contributed by atoms with Gasteiger partial charge in [-0.3, -0.25) is 4.57 Å². The van der Waals surface area contributed by atoms with Crippen molar-refractivity contribution in [2.24, 2.45) is 0 Å². The number of carbonyl (C=O) groups is 1. The second-order valence-corrected chi connectivity index (χ2v) is 6.92. The maximum absolute atomic E-state index is 12.1. The number of carbonyl (C=O) groups excluding carboxylic acids is 1. The Labute approximate surface area is 128 Å². The van der Waals surface area contributed by atoms with Crippen molar-refractivity contribution in [2.45, 2.75) is 26.4 Å². The van der Waals surface area contributed by atoms with Gasteiger partial charge in [0.15, 0.2) is 0 Å². The summed E-state index contributed by atoms with van der Waals surface area (Å²) < 4.78 is 9.01. The Morgan fingerprint density at radius 2 is 2.00 bits per heavy atom. The lowest BCUT2D eigenvalue weighted by Crippen LogP contribution is -2.26. The van der Waals surface area contributed by atoms with Crippen LogP contribution in [0.25, 0.3) is 10.9 Å². The first-order valence-corrected chi connectivity index (χ1v) is 7.35. The summed E-state index contributed by atoms with van der Waals surface area (Å²) in [7, 11) is 0. The highest BCUT2D eigenvalue weighted by Crippen LogP contribution is 2.29. The van der Waals surface area contributed by atoms with E-state index in [1.165, 1.54) is 4.57 Å². The van der Waals surface area contributed by atoms with Crippen LogP contribution >= 0.6 is 38.5 Å². The fourth-order valence-electron chi connectivity index (χ4n) is 1.62. The van der Waals surface area contributed by atoms with Gasteiger partial charge in [-0.05, 0) is 77.5 Å². The molecule has 0 radical (unpaired) electrons. The molecular weight excluding hydrogens is 409 g/mol. The molecule has 5 heteroatoms. The highest BCUT2D eigenvalue weighted by atomic mass is 127. The van der Waals surface area contributed by atoms with Gasteiger partial charge in [-0.25, -0.2) is 4.79 Å². The largest absolute Gasteiger partial charge is 0.443 e. The molecule has 18 heavy (non-hydrogen) atoms. The van der Waals surface area contributed by atoms with Gasteiger partial charge < -0.3 is 4.74 Å². The van der Waals surface area contributed by atoms with Gasteiger partial charge in [0.05, 0.1) is 5.52 Å². The number of nitrogens with zero attached hydrogens (tertiary/aromatic N) is 1. The third kappa shape index (κ3) is 2.71. The van der Waals surface area contributed by atoms with E-state index in [1.807, 2.05) is 39.0 Å². The quantitative estimate of drug-likeness (QED) is 0.572. The van der Waals surface area contributed by atoms with Crippen molar-refractivity contribution in [3.05, 3.63) is 32.4 Å². The van der Waals surface area contributed by atoms with Crippen LogP contribution in [-0.2, 0) is 4.74 Å². The lowest BCUT2D eigenvalue weighted by molar-refractivity contribution is 0.0544. The third-order valence-corrected chi connectivity index (χ3v) is 4.84. The Morgan fingerprint density at radius 1 is 1.33 bits per heavy atom. The van der Waals surface area contributed by atoms with Crippen molar-refractivity contribution < 1.29 is 9.53 Å². The zero-order chi connectivity index (χ0) is 13.5. The van der Waals surface area contributed by atoms with Crippen molar-refractivity contribution in [3.8, 4) is 0 Å². The van der Waals surface area contributed by atoms with E-state index in [-0.39, 0.29) is 6.09 Å². The molecule has 0 aliphatic heterocycles.